The third-order valence-corrected chi connectivity index (χ3v) is 13.7. The van der Waals surface area contributed by atoms with E-state index >= 15 is 0 Å². The molecule has 5 atom stereocenters. The Labute approximate surface area is 391 Å². The van der Waals surface area contributed by atoms with Crippen LogP contribution in [0, 0.1) is 5.92 Å². The van der Waals surface area contributed by atoms with Crippen LogP contribution in [0.1, 0.15) is 74.4 Å². The molecule has 3 fully saturated rings. The van der Waals surface area contributed by atoms with Crippen molar-refractivity contribution in [3.8, 4) is 33.6 Å². The first-order chi connectivity index (χ1) is 32.0. The van der Waals surface area contributed by atoms with Crippen LogP contribution in [-0.2, 0) is 23.8 Å². The fraction of sp³-hybridized carbons (Fsp3) is 0.360. The maximum absolute atomic E-state index is 14.3. The summed E-state index contributed by atoms with van der Waals surface area (Å²) >= 11 is 3.85. The number of methoxy groups -OCH3 is 2. The molecule has 3 saturated heterocycles. The lowest BCUT2D eigenvalue weighted by Crippen LogP contribution is -2.53. The molecule has 16 heteroatoms. The van der Waals surface area contributed by atoms with E-state index < -0.39 is 24.3 Å². The van der Waals surface area contributed by atoms with Gasteiger partial charge in [0.25, 0.3) is 5.91 Å². The van der Waals surface area contributed by atoms with E-state index in [9.17, 15) is 19.2 Å². The molecule has 0 radical (unpaired) electrons. The Bertz CT molecular complexity index is 2720. The fourth-order valence-electron chi connectivity index (χ4n) is 9.64. The van der Waals surface area contributed by atoms with E-state index in [4.69, 9.17) is 24.2 Å². The number of nitrogens with one attached hydrogen (secondary N) is 4. The lowest BCUT2D eigenvalue weighted by Gasteiger charge is -2.34. The van der Waals surface area contributed by atoms with Crippen molar-refractivity contribution in [2.24, 2.45) is 5.92 Å². The fourth-order valence-corrected chi connectivity index (χ4v) is 10.2. The van der Waals surface area contributed by atoms with Crippen molar-refractivity contribution in [2.45, 2.75) is 67.5 Å². The Morgan fingerprint density at radius 1 is 0.727 bits per heavy atom. The molecule has 4 amide bonds. The van der Waals surface area contributed by atoms with Crippen molar-refractivity contribution in [3.63, 3.8) is 0 Å². The molecule has 0 aliphatic carbocycles. The van der Waals surface area contributed by atoms with Gasteiger partial charge in [-0.1, -0.05) is 94.8 Å². The summed E-state index contributed by atoms with van der Waals surface area (Å²) in [6.45, 7) is 4.16. The molecule has 6 aromatic rings. The van der Waals surface area contributed by atoms with Crippen molar-refractivity contribution in [1.82, 2.24) is 40.4 Å². The van der Waals surface area contributed by atoms with E-state index in [0.29, 0.717) is 62.8 Å². The van der Waals surface area contributed by atoms with Gasteiger partial charge >= 0.3 is 12.2 Å². The van der Waals surface area contributed by atoms with E-state index in [1.54, 1.807) is 4.90 Å². The lowest BCUT2D eigenvalue weighted by atomic mass is 9.90. The highest BCUT2D eigenvalue weighted by Gasteiger charge is 2.47. The molecular weight excluding hydrogens is 905 g/mol. The molecule has 5 heterocycles. The Hall–Kier alpha value is -6.52. The van der Waals surface area contributed by atoms with Gasteiger partial charge in [-0.2, -0.15) is 0 Å². The maximum atomic E-state index is 14.3. The zero-order valence-corrected chi connectivity index (χ0v) is 38.7. The van der Waals surface area contributed by atoms with E-state index in [1.807, 2.05) is 47.6 Å². The number of aromatic nitrogens is 4. The maximum Gasteiger partial charge on any atom is 0.407 e. The van der Waals surface area contributed by atoms with E-state index in [1.165, 1.54) is 14.2 Å². The smallest absolute Gasteiger partial charge is 0.407 e. The topological polar surface area (TPSA) is 184 Å². The number of rotatable bonds is 11. The summed E-state index contributed by atoms with van der Waals surface area (Å²) in [6, 6.07) is 28.0. The summed E-state index contributed by atoms with van der Waals surface area (Å²) in [7, 11) is 2.59. The number of carbonyl (C=O) groups is 4. The number of amides is 4. The summed E-state index contributed by atoms with van der Waals surface area (Å²) in [5.41, 5.74) is 6.45. The van der Waals surface area contributed by atoms with Gasteiger partial charge in [-0.25, -0.2) is 19.6 Å². The number of hydrogen-bond donors (Lipinski definition) is 4. The first kappa shape index (κ1) is 44.7. The molecule has 9 rings (SSSR count). The average Bonchev–Trinajstić information content (AvgIpc) is 4.19. The number of H-pyrrole nitrogens is 2. The van der Waals surface area contributed by atoms with Gasteiger partial charge in [0.1, 0.15) is 23.7 Å². The predicted molar refractivity (Wildman–Crippen MR) is 252 cm³/mol. The van der Waals surface area contributed by atoms with Gasteiger partial charge < -0.3 is 44.6 Å². The van der Waals surface area contributed by atoms with Crippen molar-refractivity contribution in [3.05, 3.63) is 121 Å². The molecular formula is C50H53BrN8O7. The minimum atomic E-state index is -0.886. The quantitative estimate of drug-likeness (QED) is 0.0924. The van der Waals surface area contributed by atoms with E-state index in [-0.39, 0.29) is 34.1 Å². The molecule has 3 aliphatic heterocycles. The third-order valence-electron chi connectivity index (χ3n) is 13.1. The van der Waals surface area contributed by atoms with Gasteiger partial charge in [0.05, 0.1) is 50.1 Å². The third kappa shape index (κ3) is 9.43. The SMILES string of the molecule is COC(=O)NC(C(=O)N1CCCC1c1ncc(-c2ccc3cc(-c4ccc(-c5cnc(C6CC(C)(Br)CN6C(=O)C(NC(=O)OC)C6CCOCC6)[nH]5)cc4)ccc3c2)[nH]1)c1ccccc1. The highest BCUT2D eigenvalue weighted by molar-refractivity contribution is 9.10. The highest BCUT2D eigenvalue weighted by atomic mass is 79.9. The zero-order valence-electron chi connectivity index (χ0n) is 37.1. The van der Waals surface area contributed by atoms with Gasteiger partial charge in [0.2, 0.25) is 5.91 Å². The van der Waals surface area contributed by atoms with Crippen molar-refractivity contribution in [1.29, 1.82) is 0 Å². The van der Waals surface area contributed by atoms with Gasteiger partial charge in [0, 0.05) is 36.2 Å². The van der Waals surface area contributed by atoms with Crippen LogP contribution in [0.2, 0.25) is 0 Å². The summed E-state index contributed by atoms with van der Waals surface area (Å²) < 4.78 is 15.0. The first-order valence-corrected chi connectivity index (χ1v) is 23.1. The number of benzene rings is 4. The first-order valence-electron chi connectivity index (χ1n) is 22.3. The second-order valence-corrected chi connectivity index (χ2v) is 19.5. The number of alkyl carbamates (subject to hydrolysis) is 2. The number of hydrogen-bond acceptors (Lipinski definition) is 9. The number of likely N-dealkylation sites (tertiary alicyclic amines) is 2. The molecule has 4 N–H and O–H groups in total. The Balaban J connectivity index is 0.882. The number of ether oxygens (including phenoxy) is 3. The van der Waals surface area contributed by atoms with Crippen molar-refractivity contribution >= 4 is 50.7 Å². The minimum absolute atomic E-state index is 0.0650. The number of alkyl halides is 1. The second kappa shape index (κ2) is 19.1. The molecule has 0 spiro atoms. The van der Waals surface area contributed by atoms with Crippen LogP contribution in [0.3, 0.4) is 0 Å². The molecule has 2 aromatic heterocycles. The van der Waals surface area contributed by atoms with Gasteiger partial charge in [0.15, 0.2) is 0 Å². The molecule has 342 valence electrons. The number of carbonyl (C=O) groups excluding carboxylic acids is 4. The summed E-state index contributed by atoms with van der Waals surface area (Å²) in [5, 5.41) is 7.71. The van der Waals surface area contributed by atoms with Crippen LogP contribution in [0.15, 0.2) is 103 Å². The van der Waals surface area contributed by atoms with Gasteiger partial charge in [-0.15, -0.1) is 0 Å². The second-order valence-electron chi connectivity index (χ2n) is 17.6. The molecule has 4 aromatic carbocycles. The van der Waals surface area contributed by atoms with Crippen molar-refractivity contribution in [2.75, 3.05) is 40.5 Å². The summed E-state index contributed by atoms with van der Waals surface area (Å²) in [5.74, 6) is 0.955. The molecule has 15 nitrogen and oxygen atoms in total. The molecule has 3 aliphatic rings. The average molecular weight is 958 g/mol. The molecule has 66 heavy (non-hydrogen) atoms. The van der Waals surface area contributed by atoms with Crippen LogP contribution in [-0.4, -0.2) is 105 Å². The predicted octanol–water partition coefficient (Wildman–Crippen LogP) is 8.63. The lowest BCUT2D eigenvalue weighted by molar-refractivity contribution is -0.137. The summed E-state index contributed by atoms with van der Waals surface area (Å²) in [4.78, 5) is 73.1. The van der Waals surface area contributed by atoms with E-state index in [2.05, 4.69) is 104 Å². The van der Waals surface area contributed by atoms with Crippen LogP contribution in [0.25, 0.3) is 44.4 Å². The summed E-state index contributed by atoms with van der Waals surface area (Å²) in [6.07, 6.45) is 5.87. The molecule has 0 saturated carbocycles. The number of imidazole rings is 2. The highest BCUT2D eigenvalue weighted by Crippen LogP contribution is 2.43. The van der Waals surface area contributed by atoms with Crippen LogP contribution >= 0.6 is 15.9 Å². The largest absolute Gasteiger partial charge is 0.453 e. The number of aromatic amines is 2. The van der Waals surface area contributed by atoms with Crippen molar-refractivity contribution < 1.29 is 33.4 Å². The van der Waals surface area contributed by atoms with Gasteiger partial charge in [-0.05, 0) is 90.1 Å². The Kier molecular flexibility index (Phi) is 13.0. The Morgan fingerprint density at radius 3 is 2.00 bits per heavy atom. The number of halogens is 1. The zero-order chi connectivity index (χ0) is 46.0. The molecule has 5 unspecified atom stereocenters. The number of fused-ring (bicyclic) bond motifs is 1. The number of nitrogens with zero attached hydrogens (tertiary/aromatic N) is 4. The minimum Gasteiger partial charge on any atom is -0.453 e. The molecule has 0 bridgehead atoms. The standard InChI is InChI=1S/C50H53BrN8O7/c1-50(51)26-41(59(29-50)47(61)43(57-49(63)65-3)33-19-22-66-23-20-33)45-53-27-38(54-45)31-13-11-30(12-14-31)34-15-16-36-25-37(18-17-35(36)24-34)39-28-52-44(55-39)40-10-7-21-58(40)46(60)42(56-48(62)64-2)32-8-5-4-6-9-32/h4-6,8-9,11-18,24-25,27-28,33,40-43H,7,10,19-23,26,29H2,1-3H3,(H,52,55)(H,53,54)(H,56,62)(H,57,63). The Morgan fingerprint density at radius 2 is 1.32 bits per heavy atom. The monoisotopic (exact) mass is 956 g/mol. The van der Waals surface area contributed by atoms with Crippen LogP contribution in [0.4, 0.5) is 9.59 Å². The normalized spacial score (nSPS) is 20.8. The van der Waals surface area contributed by atoms with E-state index in [0.717, 1.165) is 57.3 Å². The van der Waals surface area contributed by atoms with Crippen LogP contribution in [0.5, 0.6) is 0 Å². The van der Waals surface area contributed by atoms with Crippen LogP contribution < -0.4 is 10.6 Å². The van der Waals surface area contributed by atoms with Gasteiger partial charge in [-0.3, -0.25) is 9.59 Å².